The molecule has 1 aliphatic carbocycles. The molecule has 10 rings (SSSR count). The number of H-pyrrole nitrogens is 1. The lowest BCUT2D eigenvalue weighted by Crippen LogP contribution is -2.47. The molecule has 0 saturated carbocycles. The lowest BCUT2D eigenvalue weighted by Gasteiger charge is -2.41. The molecule has 1 amide bonds. The van der Waals surface area contributed by atoms with Gasteiger partial charge in [-0.25, -0.2) is 13.1 Å². The Morgan fingerprint density at radius 1 is 0.608 bits per heavy atom. The van der Waals surface area contributed by atoms with Crippen LogP contribution >= 0.6 is 0 Å². The number of nitrogens with zero attached hydrogens (tertiary/aromatic N) is 4. The number of piperidine rings is 1. The highest BCUT2D eigenvalue weighted by Crippen LogP contribution is 2.54. The molecule has 13 nitrogen and oxygen atoms in total. The lowest BCUT2D eigenvalue weighted by molar-refractivity contribution is -0.384. The summed E-state index contributed by atoms with van der Waals surface area (Å²) < 4.78 is 79.2. The number of anilines is 3. The molecule has 17 heteroatoms. The third kappa shape index (κ3) is 21.5. The zero-order chi connectivity index (χ0) is 71.7. The molecule has 0 bridgehead atoms. The number of benzene rings is 6. The van der Waals surface area contributed by atoms with Crippen LogP contribution in [0.5, 0.6) is 11.5 Å². The normalized spacial score (nSPS) is 15.5. The quantitative estimate of drug-likeness (QED) is 0.0192. The van der Waals surface area contributed by atoms with E-state index in [1.54, 1.807) is 12.1 Å². The summed E-state index contributed by atoms with van der Waals surface area (Å²) in [6.07, 6.45) is 33.1. The molecule has 0 atom stereocenters. The predicted molar refractivity (Wildman–Crippen MR) is 414 cm³/mol. The van der Waals surface area contributed by atoms with Gasteiger partial charge in [0.15, 0.2) is 0 Å². The molecule has 0 radical (unpaired) electrons. The van der Waals surface area contributed by atoms with Crippen LogP contribution in [0.2, 0.25) is 0 Å². The summed E-state index contributed by atoms with van der Waals surface area (Å²) in [7, 11) is -4.76. The smallest absolute Gasteiger partial charge is 0.416 e. The van der Waals surface area contributed by atoms with E-state index in [0.717, 1.165) is 87.7 Å². The van der Waals surface area contributed by atoms with E-state index in [0.29, 0.717) is 31.9 Å². The molecule has 0 spiro atoms. The minimum Gasteiger partial charge on any atom is -0.456 e. The van der Waals surface area contributed by atoms with Gasteiger partial charge >= 0.3 is 6.18 Å². The molecule has 102 heavy (non-hydrogen) atoms. The predicted octanol–water partition coefficient (Wildman–Crippen LogP) is 23.2. The minimum absolute atomic E-state index is 0.0617. The van der Waals surface area contributed by atoms with E-state index >= 15 is 0 Å². The summed E-state index contributed by atoms with van der Waals surface area (Å²) in [5, 5.41) is 17.1. The van der Waals surface area contributed by atoms with Crippen molar-refractivity contribution in [2.45, 2.75) is 237 Å². The number of hydrogen-bond acceptors (Lipinski definition) is 10. The molecule has 3 heterocycles. The number of halogens is 3. The summed E-state index contributed by atoms with van der Waals surface area (Å²) in [5.74, 6) is -0.458. The van der Waals surface area contributed by atoms with Crippen LogP contribution in [0.15, 0.2) is 144 Å². The number of carbonyl (C=O) groups is 1. The second-order valence-electron chi connectivity index (χ2n) is 29.3. The summed E-state index contributed by atoms with van der Waals surface area (Å²) in [5.41, 5.74) is 8.07. The fourth-order valence-corrected chi connectivity index (χ4v) is 16.8. The number of rotatable bonds is 40. The standard InChI is InChI=1S/C85H112F3N7O6S/c1-4-7-10-13-16-19-22-30-51-84(52-31-23-20-17-14-11-8-5-2)53-48-73(76(64-84)67-42-40-66(41-43-67)65-34-26-25-27-35-65)81-74-38-28-29-39-77(74)90-82(81)94-59-57-93(58-60-94)70-44-46-75(80(62-70)101-71-37-33-36-68(61-71)85(86,87)88)83(96)91-102(99,100)72-45-47-78(79(63-72)95(97)98)89-69-49-55-92(56-50-69)54-32-24-21-18-15-12-9-6-3/h25-29,33-47,61-63,69,89-90H,4-24,30-32,48-60,64H2,1-3H3,(H,91,96). The Morgan fingerprint density at radius 3 is 1.79 bits per heavy atom. The monoisotopic (exact) mass is 1420 g/mol. The van der Waals surface area contributed by atoms with Gasteiger partial charge in [0.05, 0.1) is 20.9 Å². The largest absolute Gasteiger partial charge is 0.456 e. The Hall–Kier alpha value is -7.63. The number of ether oxygens (including phenoxy) is 1. The molecule has 1 aromatic heterocycles. The van der Waals surface area contributed by atoms with Crippen molar-refractivity contribution in [3.05, 3.63) is 172 Å². The third-order valence-electron chi connectivity index (χ3n) is 21.8. The number of piperazine rings is 1. The highest BCUT2D eigenvalue weighted by Gasteiger charge is 2.38. The van der Waals surface area contributed by atoms with Crippen LogP contribution in [0, 0.1) is 15.5 Å². The maximum atomic E-state index is 14.4. The van der Waals surface area contributed by atoms with Crippen molar-refractivity contribution in [3.8, 4) is 22.6 Å². The van der Waals surface area contributed by atoms with Crippen molar-refractivity contribution >= 4 is 60.9 Å². The van der Waals surface area contributed by atoms with Gasteiger partial charge in [0.25, 0.3) is 21.6 Å². The number of nitrogens with one attached hydrogen (secondary N) is 3. The average molecular weight is 1420 g/mol. The Bertz CT molecular complexity index is 3910. The van der Waals surface area contributed by atoms with Crippen LogP contribution in [0.4, 0.5) is 36.1 Å². The first-order chi connectivity index (χ1) is 49.5. The number of alkyl halides is 3. The van der Waals surface area contributed by atoms with Crippen LogP contribution in [0.1, 0.15) is 247 Å². The van der Waals surface area contributed by atoms with Gasteiger partial charge in [-0.1, -0.05) is 247 Å². The number of carbonyl (C=O) groups excluding carboxylic acids is 1. The number of para-hydroxylation sites is 1. The maximum Gasteiger partial charge on any atom is 0.416 e. The second-order valence-corrected chi connectivity index (χ2v) is 31.0. The van der Waals surface area contributed by atoms with E-state index < -0.39 is 43.2 Å². The molecule has 3 N–H and O–H groups in total. The van der Waals surface area contributed by atoms with Crippen LogP contribution in [-0.4, -0.2) is 81.0 Å². The number of amides is 1. The van der Waals surface area contributed by atoms with E-state index in [-0.39, 0.29) is 34.2 Å². The van der Waals surface area contributed by atoms with Gasteiger partial charge in [-0.15, -0.1) is 0 Å². The van der Waals surface area contributed by atoms with Crippen LogP contribution < -0.4 is 24.6 Å². The van der Waals surface area contributed by atoms with Crippen molar-refractivity contribution < 1.29 is 36.0 Å². The summed E-state index contributed by atoms with van der Waals surface area (Å²) >= 11 is 0. The van der Waals surface area contributed by atoms with Gasteiger partial charge in [-0.3, -0.25) is 14.9 Å². The number of sulfonamides is 1. The summed E-state index contributed by atoms with van der Waals surface area (Å²) in [4.78, 5) is 36.8. The number of fused-ring (bicyclic) bond motifs is 1. The molecule has 6 aromatic carbocycles. The molecule has 550 valence electrons. The first-order valence-corrected chi connectivity index (χ1v) is 40.4. The van der Waals surface area contributed by atoms with E-state index in [1.165, 1.54) is 230 Å². The first kappa shape index (κ1) is 77.0. The molecule has 2 saturated heterocycles. The number of hydrogen-bond donors (Lipinski definition) is 3. The van der Waals surface area contributed by atoms with Gasteiger partial charge in [-0.05, 0) is 140 Å². The minimum atomic E-state index is -4.76. The van der Waals surface area contributed by atoms with E-state index in [9.17, 15) is 36.5 Å². The zero-order valence-corrected chi connectivity index (χ0v) is 61.8. The van der Waals surface area contributed by atoms with Gasteiger partial charge in [0.2, 0.25) is 0 Å². The second kappa shape index (κ2) is 38.2. The van der Waals surface area contributed by atoms with Crippen molar-refractivity contribution in [2.24, 2.45) is 5.41 Å². The SMILES string of the molecule is CCCCCCCCCCN1CCC(Nc2ccc(S(=O)(=O)NC(=O)c3ccc(N4CCN(c5[nH]c6ccccc6c5C5=C(c6ccc(-c7ccccc7)cc6)CC(CCCCCCCCCC)(CCCCCCCCCC)CC5)CC4)cc3Oc3cccc(C(F)(F)F)c3)cc2[N+](=O)[O-])CC1. The number of allylic oxidation sites excluding steroid dienone is 2. The van der Waals surface area contributed by atoms with Gasteiger partial charge in [-0.2, -0.15) is 13.2 Å². The zero-order valence-electron chi connectivity index (χ0n) is 61.0. The molecular formula is C85H112F3N7O6S. The first-order valence-electron chi connectivity index (χ1n) is 38.9. The molecule has 7 aromatic rings. The van der Waals surface area contributed by atoms with Gasteiger partial charge in [0.1, 0.15) is 23.0 Å². The fourth-order valence-electron chi connectivity index (χ4n) is 15.9. The number of likely N-dealkylation sites (tertiary alicyclic amines) is 1. The van der Waals surface area contributed by atoms with Crippen LogP contribution in [0.3, 0.4) is 0 Å². The molecular weight excluding hydrogens is 1300 g/mol. The average Bonchev–Trinajstić information content (AvgIpc) is 1.41. The number of unbranched alkanes of at least 4 members (excludes halogenated alkanes) is 21. The van der Waals surface area contributed by atoms with E-state index in [1.807, 2.05) is 0 Å². The molecule has 3 aliphatic rings. The van der Waals surface area contributed by atoms with Crippen LogP contribution in [-0.2, 0) is 16.2 Å². The Morgan fingerprint density at radius 2 is 1.18 bits per heavy atom. The Kier molecular flexibility index (Phi) is 28.9. The number of nitro benzene ring substituents is 1. The number of aromatic nitrogens is 1. The highest BCUT2D eigenvalue weighted by atomic mass is 32.2. The van der Waals surface area contributed by atoms with Crippen LogP contribution in [0.25, 0.3) is 33.2 Å². The fraction of sp³-hybridized carbons (Fsp3) is 0.518. The number of aromatic amines is 1. The highest BCUT2D eigenvalue weighted by molar-refractivity contribution is 7.90. The topological polar surface area (TPSA) is 153 Å². The van der Waals surface area contributed by atoms with E-state index in [4.69, 9.17) is 4.74 Å². The summed E-state index contributed by atoms with van der Waals surface area (Å²) in [6, 6.07) is 41.0. The lowest BCUT2D eigenvalue weighted by atomic mass is 9.64. The van der Waals surface area contributed by atoms with Crippen molar-refractivity contribution in [2.75, 3.05) is 60.9 Å². The summed E-state index contributed by atoms with van der Waals surface area (Å²) in [6.45, 7) is 11.7. The van der Waals surface area contributed by atoms with Crippen molar-refractivity contribution in [1.82, 2.24) is 14.6 Å². The Balaban J connectivity index is 0.887. The van der Waals surface area contributed by atoms with Crippen molar-refractivity contribution in [1.29, 1.82) is 0 Å². The molecule has 2 fully saturated rings. The van der Waals surface area contributed by atoms with Gasteiger partial charge < -0.3 is 29.7 Å². The Labute approximate surface area is 606 Å². The van der Waals surface area contributed by atoms with Crippen molar-refractivity contribution in [3.63, 3.8) is 0 Å². The molecule has 2 aliphatic heterocycles. The van der Waals surface area contributed by atoms with E-state index in [2.05, 4.69) is 129 Å². The number of nitro groups is 1. The molecule has 0 unspecified atom stereocenters. The van der Waals surface area contributed by atoms with Gasteiger partial charge in [0, 0.05) is 79.6 Å². The maximum absolute atomic E-state index is 14.4. The third-order valence-corrected chi connectivity index (χ3v) is 23.1.